The molecule has 1 aliphatic carbocycles. The van der Waals surface area contributed by atoms with E-state index >= 15 is 0 Å². The molecule has 1 heterocycles. The Bertz CT molecular complexity index is 2140. The molecule has 0 atom stereocenters. The second-order valence-corrected chi connectivity index (χ2v) is 16.3. The number of hydrogen-bond donors (Lipinski definition) is 3. The van der Waals surface area contributed by atoms with Crippen LogP contribution >= 0.6 is 0 Å². The normalized spacial score (nSPS) is 11.6. The second kappa shape index (κ2) is 21.8. The van der Waals surface area contributed by atoms with E-state index in [2.05, 4.69) is 42.5 Å². The van der Waals surface area contributed by atoms with Gasteiger partial charge in [-0.2, -0.15) is 8.42 Å². The molecule has 1 aliphatic heterocycles. The van der Waals surface area contributed by atoms with Crippen LogP contribution in [0.3, 0.4) is 0 Å². The number of sulfonamides is 1. The van der Waals surface area contributed by atoms with Crippen LogP contribution in [0.5, 0.6) is 0 Å². The minimum Gasteiger partial charge on any atom is -0.456 e. The predicted octanol–water partition coefficient (Wildman–Crippen LogP) is 6.98. The molecule has 0 fully saturated rings. The lowest BCUT2D eigenvalue weighted by Crippen LogP contribution is -2.29. The smallest absolute Gasteiger partial charge is 0.295 e. The molecule has 0 radical (unpaired) electrons. The molecule has 0 aromatic heterocycles. The number of nitrogens with zero attached hydrogens (tertiary/aromatic N) is 2. The van der Waals surface area contributed by atoms with Crippen molar-refractivity contribution in [1.29, 1.82) is 0 Å². The van der Waals surface area contributed by atoms with E-state index in [-0.39, 0.29) is 11.5 Å². The van der Waals surface area contributed by atoms with Gasteiger partial charge in [-0.3, -0.25) is 9.35 Å². The molecular formula is C41H59N4O8S2+. The SMILES string of the molecule is CCC(=O)NCCCCCCCCCCC=O.CCN(CC)c1ccc2c(-c3ccc(S(N)(=O)=O)cc3S(=O)(=O)O)c3ccc(=[N+](CC)CC)cc-3oc2c1. The lowest BCUT2D eigenvalue weighted by Gasteiger charge is -2.22. The first-order valence-corrected chi connectivity index (χ1v) is 22.4. The minimum atomic E-state index is -4.83. The number of rotatable bonds is 20. The van der Waals surface area contributed by atoms with Crippen LogP contribution in [0.25, 0.3) is 33.4 Å². The highest BCUT2D eigenvalue weighted by molar-refractivity contribution is 7.89. The van der Waals surface area contributed by atoms with Crippen molar-refractivity contribution in [1.82, 2.24) is 9.89 Å². The van der Waals surface area contributed by atoms with Crippen molar-refractivity contribution in [2.24, 2.45) is 5.14 Å². The maximum absolute atomic E-state index is 12.5. The number of unbranched alkanes of at least 4 members (excludes halogenated alkanes) is 8. The van der Waals surface area contributed by atoms with Gasteiger partial charge in [-0.15, -0.1) is 0 Å². The third kappa shape index (κ3) is 13.0. The Balaban J connectivity index is 0.000000404. The number of hydrogen-bond acceptors (Lipinski definition) is 8. The van der Waals surface area contributed by atoms with Gasteiger partial charge in [-0.1, -0.05) is 51.5 Å². The van der Waals surface area contributed by atoms with E-state index in [1.165, 1.54) is 50.7 Å². The molecule has 302 valence electrons. The van der Waals surface area contributed by atoms with Crippen LogP contribution in [0.1, 0.15) is 98.8 Å². The Morgan fingerprint density at radius 2 is 1.44 bits per heavy atom. The molecule has 0 saturated heterocycles. The monoisotopic (exact) mass is 799 g/mol. The highest BCUT2D eigenvalue weighted by atomic mass is 32.2. The van der Waals surface area contributed by atoms with Crippen LogP contribution in [0.4, 0.5) is 5.69 Å². The molecule has 4 N–H and O–H groups in total. The Labute approximate surface area is 327 Å². The Kier molecular flexibility index (Phi) is 18.0. The zero-order chi connectivity index (χ0) is 40.6. The van der Waals surface area contributed by atoms with Gasteiger partial charge in [0.15, 0.2) is 0 Å². The lowest BCUT2D eigenvalue weighted by atomic mass is 9.93. The average Bonchev–Trinajstić information content (AvgIpc) is 3.16. The number of carbonyl (C=O) groups is 2. The summed E-state index contributed by atoms with van der Waals surface area (Å²) in [6.07, 6.45) is 11.9. The van der Waals surface area contributed by atoms with Gasteiger partial charge in [0.1, 0.15) is 35.6 Å². The van der Waals surface area contributed by atoms with Gasteiger partial charge >= 0.3 is 0 Å². The third-order valence-electron chi connectivity index (χ3n) is 9.67. The van der Waals surface area contributed by atoms with Crippen LogP contribution in [-0.2, 0) is 29.7 Å². The van der Waals surface area contributed by atoms with Crippen molar-refractivity contribution in [3.8, 4) is 22.5 Å². The third-order valence-corrected chi connectivity index (χ3v) is 11.5. The molecule has 55 heavy (non-hydrogen) atoms. The van der Waals surface area contributed by atoms with E-state index in [1.54, 1.807) is 0 Å². The Morgan fingerprint density at radius 1 is 0.818 bits per heavy atom. The van der Waals surface area contributed by atoms with Gasteiger partial charge in [0.2, 0.25) is 21.3 Å². The van der Waals surface area contributed by atoms with Gasteiger partial charge in [0, 0.05) is 72.4 Å². The fourth-order valence-corrected chi connectivity index (χ4v) is 7.93. The molecule has 2 aromatic rings. The lowest BCUT2D eigenvalue weighted by molar-refractivity contribution is -0.120. The predicted molar refractivity (Wildman–Crippen MR) is 220 cm³/mol. The van der Waals surface area contributed by atoms with E-state index in [0.29, 0.717) is 34.3 Å². The van der Waals surface area contributed by atoms with Crippen molar-refractivity contribution < 1.29 is 35.4 Å². The van der Waals surface area contributed by atoms with Gasteiger partial charge in [-0.05, 0) is 70.9 Å². The van der Waals surface area contributed by atoms with Crippen molar-refractivity contribution in [3.63, 3.8) is 0 Å². The van der Waals surface area contributed by atoms with Crippen LogP contribution in [0.15, 0.2) is 68.8 Å². The highest BCUT2D eigenvalue weighted by Gasteiger charge is 2.26. The van der Waals surface area contributed by atoms with Crippen LogP contribution < -0.4 is 25.3 Å². The molecule has 2 aromatic carbocycles. The maximum Gasteiger partial charge on any atom is 0.295 e. The van der Waals surface area contributed by atoms with Crippen LogP contribution in [0.2, 0.25) is 0 Å². The molecule has 4 rings (SSSR count). The highest BCUT2D eigenvalue weighted by Crippen LogP contribution is 2.43. The summed E-state index contributed by atoms with van der Waals surface area (Å²) in [5.41, 5.74) is 2.70. The first-order valence-electron chi connectivity index (χ1n) is 19.4. The van der Waals surface area contributed by atoms with Crippen LogP contribution in [-0.4, -0.2) is 66.3 Å². The largest absolute Gasteiger partial charge is 0.456 e. The minimum absolute atomic E-state index is 0.136. The average molecular weight is 800 g/mol. The molecule has 14 heteroatoms. The van der Waals surface area contributed by atoms with E-state index in [4.69, 9.17) is 9.56 Å². The summed E-state index contributed by atoms with van der Waals surface area (Å²) < 4.78 is 67.6. The summed E-state index contributed by atoms with van der Waals surface area (Å²) in [6.45, 7) is 14.1. The number of benzene rings is 3. The first kappa shape index (κ1) is 45.3. The number of nitrogens with two attached hydrogens (primary N) is 1. The zero-order valence-electron chi connectivity index (χ0n) is 33.0. The number of nitrogens with one attached hydrogen (secondary N) is 1. The zero-order valence-corrected chi connectivity index (χ0v) is 34.6. The Hall–Kier alpha value is -4.11. The number of carbonyl (C=O) groups excluding carboxylic acids is 2. The Morgan fingerprint density at radius 3 is 2.00 bits per heavy atom. The number of primary sulfonamides is 1. The number of anilines is 1. The summed E-state index contributed by atoms with van der Waals surface area (Å²) in [6, 6.07) is 14.8. The summed E-state index contributed by atoms with van der Waals surface area (Å²) in [5, 5.41) is 9.69. The van der Waals surface area contributed by atoms with Crippen LogP contribution in [0, 0.1) is 0 Å². The van der Waals surface area contributed by atoms with Crippen molar-refractivity contribution in [2.45, 2.75) is 109 Å². The van der Waals surface area contributed by atoms with E-state index in [9.17, 15) is 31.0 Å². The van der Waals surface area contributed by atoms with Gasteiger partial charge in [-0.25, -0.2) is 18.1 Å². The second-order valence-electron chi connectivity index (χ2n) is 13.3. The van der Waals surface area contributed by atoms with E-state index in [1.807, 2.05) is 43.3 Å². The van der Waals surface area contributed by atoms with Crippen molar-refractivity contribution >= 4 is 49.0 Å². The van der Waals surface area contributed by atoms with Gasteiger partial charge in [0.05, 0.1) is 11.0 Å². The maximum atomic E-state index is 12.5. The standard InChI is InChI=1S/C27H31N3O6S2.C14H27NO2/c1-5-29(6-2)18-9-12-21-24(15-18)36-25-16-19(30(7-3)8-4)10-13-22(25)27(21)23-14-11-20(37(28,31)32)17-26(23)38(33,34)35;1-2-14(17)15-12-10-8-6-4-3-5-7-9-11-13-16/h9-17H,5-8H2,1-4H3,(H2-,28,31,32,33,34,35);13H,2-12H2,1H3,(H,15,17)/p+1. The van der Waals surface area contributed by atoms with Gasteiger partial charge < -0.3 is 19.4 Å². The number of aldehydes is 1. The molecule has 0 bridgehead atoms. The molecule has 12 nitrogen and oxygen atoms in total. The number of amides is 1. The summed E-state index contributed by atoms with van der Waals surface area (Å²) in [5.74, 6) is 0.672. The fraction of sp³-hybridized carbons (Fsp3) is 0.488. The van der Waals surface area contributed by atoms with Gasteiger partial charge in [0.25, 0.3) is 10.1 Å². The molecule has 0 unspecified atom stereocenters. The molecule has 1 amide bonds. The summed E-state index contributed by atoms with van der Waals surface area (Å²) in [4.78, 5) is 22.2. The quantitative estimate of drug-likeness (QED) is 0.0280. The first-order chi connectivity index (χ1) is 26.2. The topological polar surface area (TPSA) is 180 Å². The number of fused-ring (bicyclic) bond motifs is 2. The molecular weight excluding hydrogens is 741 g/mol. The summed E-state index contributed by atoms with van der Waals surface area (Å²) >= 11 is 0. The molecule has 0 spiro atoms. The van der Waals surface area contributed by atoms with Crippen molar-refractivity contribution in [3.05, 3.63) is 60.0 Å². The van der Waals surface area contributed by atoms with Crippen molar-refractivity contribution in [2.75, 3.05) is 37.6 Å². The van der Waals surface area contributed by atoms with E-state index < -0.39 is 29.9 Å². The molecule has 2 aliphatic rings. The molecule has 0 saturated carbocycles. The summed E-state index contributed by atoms with van der Waals surface area (Å²) in [7, 11) is -9.04. The fourth-order valence-electron chi connectivity index (χ4n) is 6.59. The van der Waals surface area contributed by atoms with E-state index in [0.717, 1.165) is 75.4 Å².